The Labute approximate surface area is 141 Å². The Bertz CT molecular complexity index is 983. The van der Waals surface area contributed by atoms with Gasteiger partial charge in [0, 0.05) is 17.7 Å². The van der Waals surface area contributed by atoms with E-state index in [9.17, 15) is 8.42 Å². The summed E-state index contributed by atoms with van der Waals surface area (Å²) in [4.78, 5) is 8.77. The van der Waals surface area contributed by atoms with E-state index in [4.69, 9.17) is 0 Å². The summed E-state index contributed by atoms with van der Waals surface area (Å²) in [7, 11) is -3.28. The van der Waals surface area contributed by atoms with Crippen LogP contribution in [-0.2, 0) is 9.84 Å². The maximum absolute atomic E-state index is 11.8. The molecule has 24 heavy (non-hydrogen) atoms. The summed E-state index contributed by atoms with van der Waals surface area (Å²) in [5.74, 6) is 0.624. The van der Waals surface area contributed by atoms with Crippen molar-refractivity contribution < 1.29 is 8.42 Å². The Morgan fingerprint density at radius 1 is 1.04 bits per heavy atom. The van der Waals surface area contributed by atoms with E-state index in [1.165, 1.54) is 18.1 Å². The first-order valence-electron chi connectivity index (χ1n) is 7.62. The van der Waals surface area contributed by atoms with Gasteiger partial charge >= 0.3 is 0 Å². The Morgan fingerprint density at radius 3 is 2.42 bits per heavy atom. The van der Waals surface area contributed by atoms with Gasteiger partial charge in [0.2, 0.25) is 0 Å². The first-order valence-corrected chi connectivity index (χ1v) is 9.51. The molecule has 124 valence electrons. The van der Waals surface area contributed by atoms with Gasteiger partial charge in [0.15, 0.2) is 9.84 Å². The van der Waals surface area contributed by atoms with Crippen LogP contribution < -0.4 is 5.32 Å². The van der Waals surface area contributed by atoms with Crippen LogP contribution in [0.5, 0.6) is 0 Å². The van der Waals surface area contributed by atoms with Crippen molar-refractivity contribution in [3.8, 4) is 0 Å². The smallest absolute Gasteiger partial charge is 0.175 e. The zero-order valence-electron chi connectivity index (χ0n) is 13.8. The number of hydrogen-bond donors (Lipinski definition) is 1. The molecule has 0 aliphatic carbocycles. The Morgan fingerprint density at radius 2 is 1.75 bits per heavy atom. The number of benzene rings is 2. The third-order valence-corrected chi connectivity index (χ3v) is 5.08. The van der Waals surface area contributed by atoms with E-state index in [1.807, 2.05) is 13.8 Å². The molecule has 0 aliphatic rings. The Hall–Kier alpha value is -2.47. The van der Waals surface area contributed by atoms with Gasteiger partial charge in [-0.2, -0.15) is 0 Å². The number of hydrogen-bond acceptors (Lipinski definition) is 5. The lowest BCUT2D eigenvalue weighted by molar-refractivity contribution is 0.602. The highest BCUT2D eigenvalue weighted by Crippen LogP contribution is 2.26. The average Bonchev–Trinajstić information content (AvgIpc) is 2.54. The molecule has 1 N–H and O–H groups in total. The summed E-state index contributed by atoms with van der Waals surface area (Å²) < 4.78 is 23.6. The van der Waals surface area contributed by atoms with Crippen molar-refractivity contribution >= 4 is 26.6 Å². The lowest BCUT2D eigenvalue weighted by atomic mass is 10.1. The number of rotatable bonds is 4. The molecule has 0 fully saturated rings. The molecule has 1 aromatic heterocycles. The second kappa shape index (κ2) is 6.20. The average molecular weight is 341 g/mol. The normalized spacial score (nSPS) is 13.0. The van der Waals surface area contributed by atoms with Crippen molar-refractivity contribution in [1.29, 1.82) is 0 Å². The maximum atomic E-state index is 11.8. The molecule has 1 heterocycles. The van der Waals surface area contributed by atoms with Gasteiger partial charge in [0.05, 0.1) is 10.4 Å². The van der Waals surface area contributed by atoms with Crippen LogP contribution in [0.4, 0.5) is 5.82 Å². The van der Waals surface area contributed by atoms with Gasteiger partial charge in [-0.25, -0.2) is 18.4 Å². The van der Waals surface area contributed by atoms with E-state index in [0.29, 0.717) is 16.7 Å². The molecule has 3 rings (SSSR count). The van der Waals surface area contributed by atoms with Crippen molar-refractivity contribution in [2.24, 2.45) is 0 Å². The molecule has 3 aromatic rings. The summed E-state index contributed by atoms with van der Waals surface area (Å²) in [6.45, 7) is 4.09. The van der Waals surface area contributed by atoms with Crippen LogP contribution in [0.25, 0.3) is 10.9 Å². The van der Waals surface area contributed by atoms with Crippen LogP contribution in [0.15, 0.2) is 53.7 Å². The second-order valence-corrected chi connectivity index (χ2v) is 7.97. The molecule has 0 saturated heterocycles. The van der Waals surface area contributed by atoms with Crippen LogP contribution in [0.3, 0.4) is 0 Å². The molecule has 1 unspecified atom stereocenters. The summed E-state index contributed by atoms with van der Waals surface area (Å²) in [6.07, 6.45) is 2.67. The first-order chi connectivity index (χ1) is 11.3. The molecule has 0 spiro atoms. The quantitative estimate of drug-likeness (QED) is 0.786. The number of nitrogens with zero attached hydrogens (tertiary/aromatic N) is 2. The van der Waals surface area contributed by atoms with Crippen molar-refractivity contribution in [2.75, 3.05) is 11.6 Å². The number of fused-ring (bicyclic) bond motifs is 1. The van der Waals surface area contributed by atoms with Crippen molar-refractivity contribution in [1.82, 2.24) is 9.97 Å². The number of anilines is 1. The highest BCUT2D eigenvalue weighted by atomic mass is 32.2. The molecule has 5 nitrogen and oxygen atoms in total. The number of aromatic nitrogens is 2. The molecule has 6 heteroatoms. The molecule has 2 aromatic carbocycles. The van der Waals surface area contributed by atoms with Gasteiger partial charge in [-0.15, -0.1) is 0 Å². The number of sulfone groups is 1. The fourth-order valence-electron chi connectivity index (χ4n) is 2.52. The number of nitrogens with one attached hydrogen (secondary N) is 1. The van der Waals surface area contributed by atoms with Gasteiger partial charge in [0.1, 0.15) is 12.1 Å². The van der Waals surface area contributed by atoms with Crippen molar-refractivity contribution in [2.45, 2.75) is 24.8 Å². The van der Waals surface area contributed by atoms with E-state index >= 15 is 0 Å². The fourth-order valence-corrected chi connectivity index (χ4v) is 3.17. The Kier molecular flexibility index (Phi) is 4.24. The first kappa shape index (κ1) is 16.4. The summed E-state index contributed by atoms with van der Waals surface area (Å²) in [6, 6.07) is 13.2. The molecular weight excluding hydrogens is 322 g/mol. The van der Waals surface area contributed by atoms with Gasteiger partial charge in [0.25, 0.3) is 0 Å². The maximum Gasteiger partial charge on any atom is 0.175 e. The van der Waals surface area contributed by atoms with Crippen LogP contribution in [0, 0.1) is 6.92 Å². The van der Waals surface area contributed by atoms with Gasteiger partial charge < -0.3 is 5.32 Å². The van der Waals surface area contributed by atoms with Crippen molar-refractivity contribution in [3.63, 3.8) is 0 Å². The molecule has 0 saturated carbocycles. The summed E-state index contributed by atoms with van der Waals surface area (Å²) >= 11 is 0. The zero-order valence-corrected chi connectivity index (χ0v) is 14.6. The lowest BCUT2D eigenvalue weighted by Crippen LogP contribution is -2.09. The SMILES string of the molecule is Cc1ccc(C(C)Nc2ncnc3ccc(S(C)(=O)=O)cc23)cc1. The molecule has 0 aliphatic heterocycles. The number of aryl methyl sites for hydroxylation is 1. The predicted octanol–water partition coefficient (Wildman–Crippen LogP) is 3.51. The van der Waals surface area contributed by atoms with E-state index in [0.717, 1.165) is 5.56 Å². The van der Waals surface area contributed by atoms with Crippen molar-refractivity contribution in [3.05, 3.63) is 59.9 Å². The van der Waals surface area contributed by atoms with Crippen LogP contribution in [-0.4, -0.2) is 24.6 Å². The van der Waals surface area contributed by atoms with Gasteiger partial charge in [-0.3, -0.25) is 0 Å². The molecule has 0 amide bonds. The topological polar surface area (TPSA) is 72.0 Å². The highest BCUT2D eigenvalue weighted by molar-refractivity contribution is 7.90. The predicted molar refractivity (Wildman–Crippen MR) is 95.9 cm³/mol. The Balaban J connectivity index is 2.01. The highest BCUT2D eigenvalue weighted by Gasteiger charge is 2.13. The largest absolute Gasteiger partial charge is 0.363 e. The molecule has 0 bridgehead atoms. The van der Waals surface area contributed by atoms with Crippen LogP contribution >= 0.6 is 0 Å². The second-order valence-electron chi connectivity index (χ2n) is 5.95. The van der Waals surface area contributed by atoms with Crippen LogP contribution in [0.2, 0.25) is 0 Å². The lowest BCUT2D eigenvalue weighted by Gasteiger charge is -2.16. The minimum absolute atomic E-state index is 0.0330. The van der Waals surface area contributed by atoms with E-state index in [2.05, 4.69) is 39.6 Å². The van der Waals surface area contributed by atoms with E-state index in [-0.39, 0.29) is 10.9 Å². The van der Waals surface area contributed by atoms with E-state index in [1.54, 1.807) is 18.2 Å². The fraction of sp³-hybridized carbons (Fsp3) is 0.222. The van der Waals surface area contributed by atoms with Gasteiger partial charge in [-0.1, -0.05) is 29.8 Å². The minimum atomic E-state index is -3.28. The third kappa shape index (κ3) is 3.38. The van der Waals surface area contributed by atoms with E-state index < -0.39 is 9.84 Å². The zero-order chi connectivity index (χ0) is 17.3. The standard InChI is InChI=1S/C18H19N3O2S/c1-12-4-6-14(7-5-12)13(2)21-18-16-10-15(24(3,22)23)8-9-17(16)19-11-20-18/h4-11,13H,1-3H3,(H,19,20,21). The third-order valence-electron chi connectivity index (χ3n) is 3.97. The molecular formula is C18H19N3O2S. The minimum Gasteiger partial charge on any atom is -0.363 e. The summed E-state index contributed by atoms with van der Waals surface area (Å²) in [5, 5.41) is 4.05. The molecule has 1 atom stereocenters. The van der Waals surface area contributed by atoms with Gasteiger partial charge in [-0.05, 0) is 37.6 Å². The summed E-state index contributed by atoms with van der Waals surface area (Å²) in [5.41, 5.74) is 3.04. The molecule has 0 radical (unpaired) electrons. The van der Waals surface area contributed by atoms with Crippen LogP contribution in [0.1, 0.15) is 24.1 Å². The monoisotopic (exact) mass is 341 g/mol.